The molecule has 0 aliphatic carbocycles. The molecule has 4 N–H and O–H groups in total. The highest BCUT2D eigenvalue weighted by molar-refractivity contribution is 5.94. The Morgan fingerprint density at radius 1 is 1.46 bits per heavy atom. The summed E-state index contributed by atoms with van der Waals surface area (Å²) in [7, 11) is 0. The number of nitrogens with zero attached hydrogens (tertiary/aromatic N) is 1. The summed E-state index contributed by atoms with van der Waals surface area (Å²) in [5.41, 5.74) is 7.02. The van der Waals surface area contributed by atoms with Gasteiger partial charge in [0, 0.05) is 30.2 Å². The van der Waals surface area contributed by atoms with Crippen LogP contribution in [0.15, 0.2) is 30.5 Å². The Morgan fingerprint density at radius 2 is 2.21 bits per heavy atom. The fraction of sp³-hybridized carbons (Fsp3) is 0.133. The Kier molecular flexibility index (Phi) is 5.35. The number of nitrogens with one attached hydrogen (secondary N) is 2. The van der Waals surface area contributed by atoms with Gasteiger partial charge in [-0.1, -0.05) is 12.1 Å². The molecule has 0 spiro atoms. The lowest BCUT2D eigenvalue weighted by Crippen LogP contribution is -2.24. The van der Waals surface area contributed by atoms with Crippen molar-refractivity contribution in [2.24, 2.45) is 0 Å². The summed E-state index contributed by atoms with van der Waals surface area (Å²) >= 11 is 0. The molecule has 0 fully saturated rings. The molecule has 0 saturated carbocycles. The maximum Gasteiger partial charge on any atom is 0.388 e. The second-order valence-electron chi connectivity index (χ2n) is 4.64. The number of pyridine rings is 1. The van der Waals surface area contributed by atoms with Crippen molar-refractivity contribution < 1.29 is 22.7 Å². The first-order valence-corrected chi connectivity index (χ1v) is 6.68. The van der Waals surface area contributed by atoms with Crippen LogP contribution in [0, 0.1) is 11.2 Å². The van der Waals surface area contributed by atoms with E-state index >= 15 is 0 Å². The first-order chi connectivity index (χ1) is 11.4. The van der Waals surface area contributed by atoms with Crippen molar-refractivity contribution >= 4 is 17.8 Å². The summed E-state index contributed by atoms with van der Waals surface area (Å²) in [5, 5.41) is 9.84. The zero-order chi connectivity index (χ0) is 17.7. The highest BCUT2D eigenvalue weighted by Crippen LogP contribution is 2.18. The summed E-state index contributed by atoms with van der Waals surface area (Å²) in [4.78, 5) is 15.3. The predicted molar refractivity (Wildman–Crippen MR) is 80.7 cm³/mol. The van der Waals surface area contributed by atoms with E-state index in [0.29, 0.717) is 16.8 Å². The number of hydrogen-bond acceptors (Lipinski definition) is 5. The Morgan fingerprint density at radius 3 is 2.83 bits per heavy atom. The highest BCUT2D eigenvalue weighted by Gasteiger charge is 2.15. The van der Waals surface area contributed by atoms with Crippen LogP contribution in [0.2, 0.25) is 0 Å². The molecule has 0 saturated heterocycles. The number of nitrogens with two attached hydrogens (primary N) is 1. The van der Waals surface area contributed by atoms with E-state index < -0.39 is 24.2 Å². The molecular weight excluding hydrogens is 325 g/mol. The summed E-state index contributed by atoms with van der Waals surface area (Å²) in [6.07, 6.45) is 1.99. The van der Waals surface area contributed by atoms with Crippen LogP contribution < -0.4 is 15.8 Å². The number of carbonyl (C=O) groups excluding carboxylic acids is 1. The Hall–Kier alpha value is -3.10. The average molecular weight is 338 g/mol. The number of alkyl halides is 2. The molecule has 24 heavy (non-hydrogen) atoms. The number of amides is 1. The van der Waals surface area contributed by atoms with Gasteiger partial charge in [0.15, 0.2) is 5.82 Å². The molecule has 2 rings (SSSR count). The second-order valence-corrected chi connectivity index (χ2v) is 4.64. The first kappa shape index (κ1) is 17.3. The molecule has 1 aromatic heterocycles. The van der Waals surface area contributed by atoms with E-state index in [2.05, 4.69) is 15.0 Å². The lowest BCUT2D eigenvalue weighted by Gasteiger charge is -2.10. The van der Waals surface area contributed by atoms with Gasteiger partial charge in [-0.15, -0.1) is 0 Å². The Bertz CT molecular complexity index is 768. The first-order valence-electron chi connectivity index (χ1n) is 6.68. The number of rotatable bonds is 6. The van der Waals surface area contributed by atoms with Gasteiger partial charge >= 0.3 is 6.61 Å². The van der Waals surface area contributed by atoms with E-state index in [9.17, 15) is 18.0 Å². The number of hydrogen-bond donors (Lipinski definition) is 3. The van der Waals surface area contributed by atoms with E-state index in [0.717, 1.165) is 18.5 Å². The van der Waals surface area contributed by atoms with Crippen LogP contribution in [-0.2, 0) is 6.54 Å². The van der Waals surface area contributed by atoms with Gasteiger partial charge in [0.25, 0.3) is 11.8 Å². The molecule has 1 aromatic carbocycles. The smallest absolute Gasteiger partial charge is 0.388 e. The average Bonchev–Trinajstić information content (AvgIpc) is 2.54. The number of aromatic nitrogens is 1. The van der Waals surface area contributed by atoms with Crippen LogP contribution in [0.3, 0.4) is 0 Å². The maximum atomic E-state index is 13.6. The zero-order valence-corrected chi connectivity index (χ0v) is 12.2. The Labute approximate surface area is 135 Å². The largest absolute Gasteiger partial charge is 0.414 e. The fourth-order valence-corrected chi connectivity index (χ4v) is 1.96. The van der Waals surface area contributed by atoms with E-state index in [4.69, 9.17) is 11.1 Å². The summed E-state index contributed by atoms with van der Waals surface area (Å²) in [5.74, 6) is -2.72. The topological polar surface area (TPSA) is 101 Å². The molecule has 6 nitrogen and oxygen atoms in total. The minimum Gasteiger partial charge on any atom is -0.414 e. The third-order valence-corrected chi connectivity index (χ3v) is 3.08. The molecule has 2 aromatic rings. The number of nitrogen functional groups attached to an aromatic ring is 1. The van der Waals surface area contributed by atoms with E-state index in [-0.39, 0.29) is 12.1 Å². The van der Waals surface area contributed by atoms with Crippen molar-refractivity contribution in [1.82, 2.24) is 10.3 Å². The molecule has 0 unspecified atom stereocenters. The van der Waals surface area contributed by atoms with Crippen LogP contribution in [0.5, 0.6) is 5.88 Å². The minimum atomic E-state index is -3.21. The summed E-state index contributed by atoms with van der Waals surface area (Å²) < 4.78 is 41.5. The maximum absolute atomic E-state index is 13.6. The van der Waals surface area contributed by atoms with Crippen molar-refractivity contribution in [3.8, 4) is 5.88 Å². The molecule has 9 heteroatoms. The van der Waals surface area contributed by atoms with Gasteiger partial charge in [0.2, 0.25) is 0 Å². The highest BCUT2D eigenvalue weighted by atomic mass is 19.3. The van der Waals surface area contributed by atoms with E-state index in [1.54, 1.807) is 18.2 Å². The normalized spacial score (nSPS) is 10.5. The number of halogens is 3. The molecule has 0 radical (unpaired) electrons. The zero-order valence-electron chi connectivity index (χ0n) is 12.2. The van der Waals surface area contributed by atoms with Gasteiger partial charge in [-0.3, -0.25) is 4.79 Å². The summed E-state index contributed by atoms with van der Waals surface area (Å²) in [6, 6.07) is 5.71. The molecule has 0 bridgehead atoms. The molecule has 0 aliphatic heterocycles. The SMILES string of the molecule is N=Cc1c(N)cccc1CNC(=O)c1cnc(OC(F)F)c(F)c1. The van der Waals surface area contributed by atoms with Crippen molar-refractivity contribution in [2.75, 3.05) is 5.73 Å². The van der Waals surface area contributed by atoms with Crippen molar-refractivity contribution in [1.29, 1.82) is 5.41 Å². The lowest BCUT2D eigenvalue weighted by atomic mass is 10.1. The Balaban J connectivity index is 2.09. The van der Waals surface area contributed by atoms with Crippen molar-refractivity contribution in [3.05, 3.63) is 53.0 Å². The molecule has 1 heterocycles. The van der Waals surface area contributed by atoms with Crippen LogP contribution >= 0.6 is 0 Å². The van der Waals surface area contributed by atoms with Crippen LogP contribution in [-0.4, -0.2) is 23.7 Å². The predicted octanol–water partition coefficient (Wildman–Crippen LogP) is 2.33. The lowest BCUT2D eigenvalue weighted by molar-refractivity contribution is -0.0553. The molecular formula is C15H13F3N4O2. The quantitative estimate of drug-likeness (QED) is 0.556. The van der Waals surface area contributed by atoms with E-state index in [1.807, 2.05) is 0 Å². The third-order valence-electron chi connectivity index (χ3n) is 3.08. The number of benzene rings is 1. The minimum absolute atomic E-state index is 0.0471. The van der Waals surface area contributed by atoms with Crippen LogP contribution in [0.1, 0.15) is 21.5 Å². The number of carbonyl (C=O) groups is 1. The summed E-state index contributed by atoms with van der Waals surface area (Å²) in [6.45, 7) is -3.17. The van der Waals surface area contributed by atoms with Gasteiger partial charge < -0.3 is 21.2 Å². The van der Waals surface area contributed by atoms with Crippen LogP contribution in [0.25, 0.3) is 0 Å². The van der Waals surface area contributed by atoms with Crippen molar-refractivity contribution in [3.63, 3.8) is 0 Å². The molecule has 126 valence electrons. The number of anilines is 1. The van der Waals surface area contributed by atoms with Gasteiger partial charge in [0.1, 0.15) is 0 Å². The van der Waals surface area contributed by atoms with E-state index in [1.165, 1.54) is 0 Å². The van der Waals surface area contributed by atoms with Crippen molar-refractivity contribution in [2.45, 2.75) is 13.2 Å². The van der Waals surface area contributed by atoms with Gasteiger partial charge in [-0.05, 0) is 17.7 Å². The molecule has 0 aliphatic rings. The van der Waals surface area contributed by atoms with Gasteiger partial charge in [-0.2, -0.15) is 8.78 Å². The third kappa shape index (κ3) is 4.00. The van der Waals surface area contributed by atoms with Crippen LogP contribution in [0.4, 0.5) is 18.9 Å². The fourth-order valence-electron chi connectivity index (χ4n) is 1.96. The van der Waals surface area contributed by atoms with Gasteiger partial charge in [-0.25, -0.2) is 9.37 Å². The number of ether oxygens (including phenoxy) is 1. The monoisotopic (exact) mass is 338 g/mol. The molecule has 0 atom stereocenters. The standard InChI is InChI=1S/C15H13F3N4O2/c16-11-4-9(7-22-14(11)24-15(17)18)13(23)21-6-8-2-1-3-12(20)10(8)5-19/h1-5,7,15,19H,6,20H2,(H,21,23). The van der Waals surface area contributed by atoms with Gasteiger partial charge in [0.05, 0.1) is 5.56 Å². The second kappa shape index (κ2) is 7.44. The molecule has 1 amide bonds.